The number of hydrogen-bond donors (Lipinski definition) is 1. The predicted octanol–water partition coefficient (Wildman–Crippen LogP) is 1.86. The number of pyridine rings is 1. The fourth-order valence-corrected chi connectivity index (χ4v) is 3.99. The molecule has 0 bridgehead atoms. The second kappa shape index (κ2) is 5.46. The first-order valence-corrected chi connectivity index (χ1v) is 8.05. The van der Waals surface area contributed by atoms with E-state index in [0.717, 1.165) is 25.7 Å². The lowest BCUT2D eigenvalue weighted by atomic mass is 9.87. The van der Waals surface area contributed by atoms with Crippen molar-refractivity contribution in [1.29, 1.82) is 0 Å². The van der Waals surface area contributed by atoms with E-state index in [1.807, 2.05) is 0 Å². The fraction of sp³-hybridized carbons (Fsp3) is 0.615. The second-order valence-electron chi connectivity index (χ2n) is 5.33. The maximum Gasteiger partial charge on any atom is 0.262 e. The third-order valence-electron chi connectivity index (χ3n) is 3.92. The third kappa shape index (κ3) is 2.90. The van der Waals surface area contributed by atoms with E-state index >= 15 is 0 Å². The SMILES string of the molecule is CC1CCC(N(C)S(=O)(=O)c2ncccc2N)CC1. The molecule has 5 nitrogen and oxygen atoms in total. The van der Waals surface area contributed by atoms with Crippen molar-refractivity contribution in [2.75, 3.05) is 12.8 Å². The van der Waals surface area contributed by atoms with Crippen molar-refractivity contribution in [3.63, 3.8) is 0 Å². The van der Waals surface area contributed by atoms with Crippen LogP contribution in [0.3, 0.4) is 0 Å². The van der Waals surface area contributed by atoms with Crippen LogP contribution >= 0.6 is 0 Å². The zero-order chi connectivity index (χ0) is 14.0. The Labute approximate surface area is 114 Å². The monoisotopic (exact) mass is 283 g/mol. The molecule has 106 valence electrons. The molecule has 0 aliphatic heterocycles. The summed E-state index contributed by atoms with van der Waals surface area (Å²) < 4.78 is 26.5. The van der Waals surface area contributed by atoms with Crippen molar-refractivity contribution in [2.45, 2.75) is 43.7 Å². The molecule has 0 radical (unpaired) electrons. The molecular formula is C13H21N3O2S. The Hall–Kier alpha value is -1.14. The van der Waals surface area contributed by atoms with Crippen molar-refractivity contribution in [3.05, 3.63) is 18.3 Å². The number of hydrogen-bond acceptors (Lipinski definition) is 4. The summed E-state index contributed by atoms with van der Waals surface area (Å²) >= 11 is 0. The minimum atomic E-state index is -3.59. The summed E-state index contributed by atoms with van der Waals surface area (Å²) in [4.78, 5) is 3.93. The summed E-state index contributed by atoms with van der Waals surface area (Å²) in [5, 5.41) is -0.0314. The van der Waals surface area contributed by atoms with Gasteiger partial charge in [-0.05, 0) is 43.7 Å². The van der Waals surface area contributed by atoms with Crippen LogP contribution in [0.4, 0.5) is 5.69 Å². The number of nitrogens with two attached hydrogens (primary N) is 1. The average molecular weight is 283 g/mol. The minimum absolute atomic E-state index is 0.0314. The summed E-state index contributed by atoms with van der Waals surface area (Å²) in [6.45, 7) is 2.21. The molecule has 0 spiro atoms. The van der Waals surface area contributed by atoms with Crippen LogP contribution < -0.4 is 5.73 Å². The Morgan fingerprint density at radius 2 is 1.95 bits per heavy atom. The first kappa shape index (κ1) is 14.3. The van der Waals surface area contributed by atoms with Gasteiger partial charge < -0.3 is 5.73 Å². The molecule has 0 amide bonds. The average Bonchev–Trinajstić information content (AvgIpc) is 2.39. The van der Waals surface area contributed by atoms with Gasteiger partial charge in [0.25, 0.3) is 10.0 Å². The third-order valence-corrected chi connectivity index (χ3v) is 5.81. The van der Waals surface area contributed by atoms with E-state index in [2.05, 4.69) is 11.9 Å². The van der Waals surface area contributed by atoms with Gasteiger partial charge in [-0.15, -0.1) is 0 Å². The molecule has 1 heterocycles. The summed E-state index contributed by atoms with van der Waals surface area (Å²) in [7, 11) is -1.96. The first-order valence-electron chi connectivity index (χ1n) is 6.61. The topological polar surface area (TPSA) is 76.3 Å². The van der Waals surface area contributed by atoms with Crippen LogP contribution in [0.15, 0.2) is 23.4 Å². The first-order chi connectivity index (χ1) is 8.93. The van der Waals surface area contributed by atoms with Crippen LogP contribution in [-0.4, -0.2) is 30.8 Å². The number of aromatic nitrogens is 1. The molecule has 0 saturated heterocycles. The molecule has 1 saturated carbocycles. The molecule has 6 heteroatoms. The molecule has 0 aromatic carbocycles. The van der Waals surface area contributed by atoms with Gasteiger partial charge in [0, 0.05) is 19.3 Å². The van der Waals surface area contributed by atoms with Crippen LogP contribution in [0.5, 0.6) is 0 Å². The lowest BCUT2D eigenvalue weighted by Crippen LogP contribution is -2.39. The van der Waals surface area contributed by atoms with Crippen molar-refractivity contribution >= 4 is 15.7 Å². The summed E-state index contributed by atoms with van der Waals surface area (Å²) in [6, 6.07) is 3.26. The quantitative estimate of drug-likeness (QED) is 0.918. The number of anilines is 1. The molecule has 2 N–H and O–H groups in total. The molecule has 1 aliphatic rings. The smallest absolute Gasteiger partial charge is 0.262 e. The fourth-order valence-electron chi connectivity index (χ4n) is 2.56. The van der Waals surface area contributed by atoms with Crippen LogP contribution in [0.1, 0.15) is 32.6 Å². The molecule has 1 aliphatic carbocycles. The Morgan fingerprint density at radius 1 is 1.32 bits per heavy atom. The van der Waals surface area contributed by atoms with Crippen LogP contribution in [0.25, 0.3) is 0 Å². The number of nitrogens with zero attached hydrogens (tertiary/aromatic N) is 2. The highest BCUT2D eigenvalue weighted by Gasteiger charge is 2.32. The van der Waals surface area contributed by atoms with E-state index in [1.54, 1.807) is 19.2 Å². The van der Waals surface area contributed by atoms with E-state index < -0.39 is 10.0 Å². The van der Waals surface area contributed by atoms with Crippen LogP contribution in [-0.2, 0) is 10.0 Å². The second-order valence-corrected chi connectivity index (χ2v) is 7.25. The highest BCUT2D eigenvalue weighted by molar-refractivity contribution is 7.89. The van der Waals surface area contributed by atoms with E-state index in [4.69, 9.17) is 5.73 Å². The van der Waals surface area contributed by atoms with Gasteiger partial charge >= 0.3 is 0 Å². The van der Waals surface area contributed by atoms with Gasteiger partial charge in [-0.1, -0.05) is 6.92 Å². The van der Waals surface area contributed by atoms with Crippen LogP contribution in [0.2, 0.25) is 0 Å². The summed E-state index contributed by atoms with van der Waals surface area (Å²) in [6.07, 6.45) is 5.41. The Kier molecular flexibility index (Phi) is 4.10. The highest BCUT2D eigenvalue weighted by Crippen LogP contribution is 2.30. The maximum atomic E-state index is 12.5. The zero-order valence-corrected chi connectivity index (χ0v) is 12.2. The van der Waals surface area contributed by atoms with Crippen molar-refractivity contribution in [2.24, 2.45) is 5.92 Å². The summed E-state index contributed by atoms with van der Waals surface area (Å²) in [5.74, 6) is 0.687. The minimum Gasteiger partial charge on any atom is -0.396 e. The Bertz CT molecular complexity index is 537. The van der Waals surface area contributed by atoms with Crippen LogP contribution in [0, 0.1) is 5.92 Å². The van der Waals surface area contributed by atoms with Gasteiger partial charge in [-0.25, -0.2) is 13.4 Å². The molecule has 0 atom stereocenters. The van der Waals surface area contributed by atoms with Gasteiger partial charge in [0.05, 0.1) is 5.69 Å². The molecule has 19 heavy (non-hydrogen) atoms. The van der Waals surface area contributed by atoms with E-state index in [-0.39, 0.29) is 16.8 Å². The molecule has 2 rings (SSSR count). The van der Waals surface area contributed by atoms with E-state index in [1.165, 1.54) is 10.5 Å². The Balaban J connectivity index is 2.23. The molecule has 0 unspecified atom stereocenters. The highest BCUT2D eigenvalue weighted by atomic mass is 32.2. The van der Waals surface area contributed by atoms with Gasteiger partial charge in [-0.3, -0.25) is 0 Å². The molecular weight excluding hydrogens is 262 g/mol. The zero-order valence-electron chi connectivity index (χ0n) is 11.4. The normalized spacial score (nSPS) is 24.6. The molecule has 1 aromatic rings. The standard InChI is InChI=1S/C13H21N3O2S/c1-10-5-7-11(8-6-10)16(2)19(17,18)13-12(14)4-3-9-15-13/h3-4,9-11H,5-8,14H2,1-2H3. The lowest BCUT2D eigenvalue weighted by molar-refractivity contribution is 0.245. The van der Waals surface area contributed by atoms with Gasteiger partial charge in [0.1, 0.15) is 0 Å². The van der Waals surface area contributed by atoms with Gasteiger partial charge in [0.2, 0.25) is 0 Å². The van der Waals surface area contributed by atoms with Gasteiger partial charge in [-0.2, -0.15) is 4.31 Å². The number of sulfonamides is 1. The van der Waals surface area contributed by atoms with E-state index in [9.17, 15) is 8.42 Å². The Morgan fingerprint density at radius 3 is 2.53 bits per heavy atom. The summed E-state index contributed by atoms with van der Waals surface area (Å²) in [5.41, 5.74) is 5.93. The van der Waals surface area contributed by atoms with Crippen molar-refractivity contribution < 1.29 is 8.42 Å². The number of rotatable bonds is 3. The largest absolute Gasteiger partial charge is 0.396 e. The molecule has 1 aromatic heterocycles. The van der Waals surface area contributed by atoms with Gasteiger partial charge in [0.15, 0.2) is 5.03 Å². The lowest BCUT2D eigenvalue weighted by Gasteiger charge is -2.32. The predicted molar refractivity (Wildman–Crippen MR) is 75.0 cm³/mol. The van der Waals surface area contributed by atoms with E-state index in [0.29, 0.717) is 5.92 Å². The number of nitrogen functional groups attached to an aromatic ring is 1. The van der Waals surface area contributed by atoms with Crippen molar-refractivity contribution in [1.82, 2.24) is 9.29 Å². The maximum absolute atomic E-state index is 12.5. The van der Waals surface area contributed by atoms with Crippen molar-refractivity contribution in [3.8, 4) is 0 Å². The molecule has 1 fully saturated rings.